The second kappa shape index (κ2) is 6.68. The number of nitrogens with zero attached hydrogens (tertiary/aromatic N) is 5. The van der Waals surface area contributed by atoms with E-state index >= 15 is 0 Å². The maximum absolute atomic E-state index is 5.58. The van der Waals surface area contributed by atoms with E-state index in [9.17, 15) is 0 Å². The molecule has 1 aromatic carbocycles. The first-order valence-electron chi connectivity index (χ1n) is 9.29. The minimum absolute atomic E-state index is 0.0884. The van der Waals surface area contributed by atoms with Gasteiger partial charge in [-0.3, -0.25) is 0 Å². The molecule has 0 saturated carbocycles. The summed E-state index contributed by atoms with van der Waals surface area (Å²) >= 11 is 0. The van der Waals surface area contributed by atoms with E-state index in [1.54, 1.807) is 13.4 Å². The lowest BCUT2D eigenvalue weighted by atomic mass is 9.85. The van der Waals surface area contributed by atoms with Crippen LogP contribution in [0.1, 0.15) is 49.6 Å². The molecular weight excluding hydrogens is 338 g/mol. The third-order valence-corrected chi connectivity index (χ3v) is 5.08. The van der Waals surface area contributed by atoms with Crippen LogP contribution in [0.4, 0.5) is 0 Å². The third-order valence-electron chi connectivity index (χ3n) is 5.08. The molecule has 0 spiro atoms. The van der Waals surface area contributed by atoms with Gasteiger partial charge in [0, 0.05) is 18.2 Å². The van der Waals surface area contributed by atoms with Gasteiger partial charge in [-0.2, -0.15) is 5.10 Å². The zero-order chi connectivity index (χ0) is 19.0. The van der Waals surface area contributed by atoms with Crippen LogP contribution in [0.15, 0.2) is 30.7 Å². The lowest BCUT2D eigenvalue weighted by Crippen LogP contribution is -2.28. The Hall–Kier alpha value is -2.89. The first-order valence-corrected chi connectivity index (χ1v) is 9.29. The topological polar surface area (TPSA) is 57.8 Å². The highest BCUT2D eigenvalue weighted by atomic mass is 16.5. The molecule has 140 valence electrons. The normalized spacial score (nSPS) is 15.9. The molecule has 6 nitrogen and oxygen atoms in total. The summed E-state index contributed by atoms with van der Waals surface area (Å²) in [6, 6.07) is 6.11. The predicted molar refractivity (Wildman–Crippen MR) is 106 cm³/mol. The van der Waals surface area contributed by atoms with Crippen molar-refractivity contribution in [2.24, 2.45) is 0 Å². The molecule has 0 aliphatic carbocycles. The SMILES string of the molecule is COc1cc(/C=C/c2nc3n(n2)CCCC3(C)C)ccc1-n1cnc(C)c1. The van der Waals surface area contributed by atoms with Gasteiger partial charge in [0.15, 0.2) is 5.82 Å². The van der Waals surface area contributed by atoms with Crippen molar-refractivity contribution >= 4 is 12.2 Å². The van der Waals surface area contributed by atoms with Gasteiger partial charge in [-0.05, 0) is 43.5 Å². The molecule has 4 rings (SSSR count). The largest absolute Gasteiger partial charge is 0.495 e. The van der Waals surface area contributed by atoms with Gasteiger partial charge in [0.1, 0.15) is 11.6 Å². The van der Waals surface area contributed by atoms with Gasteiger partial charge >= 0.3 is 0 Å². The maximum atomic E-state index is 5.58. The number of hydrogen-bond acceptors (Lipinski definition) is 4. The molecule has 0 saturated heterocycles. The number of rotatable bonds is 4. The summed E-state index contributed by atoms with van der Waals surface area (Å²) in [5.74, 6) is 2.64. The zero-order valence-corrected chi connectivity index (χ0v) is 16.3. The molecular formula is C21H25N5O. The monoisotopic (exact) mass is 363 g/mol. The van der Waals surface area contributed by atoms with Crippen LogP contribution >= 0.6 is 0 Å². The molecule has 3 aromatic rings. The molecule has 27 heavy (non-hydrogen) atoms. The molecule has 6 heteroatoms. The van der Waals surface area contributed by atoms with Crippen LogP contribution in [-0.4, -0.2) is 31.4 Å². The Morgan fingerprint density at radius 1 is 1.22 bits per heavy atom. The van der Waals surface area contributed by atoms with Gasteiger partial charge in [0.25, 0.3) is 0 Å². The highest BCUT2D eigenvalue weighted by molar-refractivity contribution is 5.69. The lowest BCUT2D eigenvalue weighted by Gasteiger charge is -2.28. The Morgan fingerprint density at radius 2 is 2.07 bits per heavy atom. The molecule has 0 atom stereocenters. The Kier molecular flexibility index (Phi) is 4.34. The van der Waals surface area contributed by atoms with E-state index in [0.717, 1.165) is 53.7 Å². The number of fused-ring (bicyclic) bond motifs is 1. The van der Waals surface area contributed by atoms with Crippen molar-refractivity contribution < 1.29 is 4.74 Å². The van der Waals surface area contributed by atoms with E-state index in [2.05, 4.69) is 30.0 Å². The molecule has 0 bridgehead atoms. The second-order valence-electron chi connectivity index (χ2n) is 7.69. The van der Waals surface area contributed by atoms with Crippen molar-refractivity contribution in [1.82, 2.24) is 24.3 Å². The Morgan fingerprint density at radius 3 is 2.78 bits per heavy atom. The lowest BCUT2D eigenvalue weighted by molar-refractivity contribution is 0.335. The molecule has 3 heterocycles. The number of benzene rings is 1. The number of aryl methyl sites for hydroxylation is 2. The van der Waals surface area contributed by atoms with Crippen LogP contribution in [0.5, 0.6) is 5.75 Å². The van der Waals surface area contributed by atoms with Gasteiger partial charge in [0.05, 0.1) is 24.8 Å². The van der Waals surface area contributed by atoms with Gasteiger partial charge < -0.3 is 9.30 Å². The van der Waals surface area contributed by atoms with E-state index in [-0.39, 0.29) is 5.41 Å². The minimum Gasteiger partial charge on any atom is -0.495 e. The summed E-state index contributed by atoms with van der Waals surface area (Å²) in [4.78, 5) is 9.04. The molecule has 0 fully saturated rings. The number of hydrogen-bond donors (Lipinski definition) is 0. The van der Waals surface area contributed by atoms with E-state index < -0.39 is 0 Å². The smallest absolute Gasteiger partial charge is 0.174 e. The van der Waals surface area contributed by atoms with Gasteiger partial charge in [-0.25, -0.2) is 14.6 Å². The third kappa shape index (κ3) is 3.39. The summed E-state index contributed by atoms with van der Waals surface area (Å²) in [5, 5.41) is 4.65. The van der Waals surface area contributed by atoms with Crippen LogP contribution in [0.25, 0.3) is 17.8 Å². The fourth-order valence-electron chi connectivity index (χ4n) is 3.60. The molecule has 1 aliphatic rings. The van der Waals surface area contributed by atoms with E-state index in [4.69, 9.17) is 9.72 Å². The Labute approximate surface area is 159 Å². The van der Waals surface area contributed by atoms with Crippen molar-refractivity contribution in [3.63, 3.8) is 0 Å². The highest BCUT2D eigenvalue weighted by Crippen LogP contribution is 2.31. The van der Waals surface area contributed by atoms with Crippen molar-refractivity contribution in [3.05, 3.63) is 53.6 Å². The van der Waals surface area contributed by atoms with Crippen molar-refractivity contribution in [2.75, 3.05) is 7.11 Å². The summed E-state index contributed by atoms with van der Waals surface area (Å²) in [6.45, 7) is 7.40. The van der Waals surface area contributed by atoms with Gasteiger partial charge in [0.2, 0.25) is 0 Å². The number of methoxy groups -OCH3 is 1. The van der Waals surface area contributed by atoms with Crippen molar-refractivity contribution in [1.29, 1.82) is 0 Å². The number of aromatic nitrogens is 5. The van der Waals surface area contributed by atoms with Crippen LogP contribution < -0.4 is 4.74 Å². The highest BCUT2D eigenvalue weighted by Gasteiger charge is 2.30. The Balaban J connectivity index is 1.61. The molecule has 2 aromatic heterocycles. The summed E-state index contributed by atoms with van der Waals surface area (Å²) < 4.78 is 9.59. The van der Waals surface area contributed by atoms with E-state index in [1.165, 1.54) is 0 Å². The number of ether oxygens (including phenoxy) is 1. The molecule has 1 aliphatic heterocycles. The summed E-state index contributed by atoms with van der Waals surface area (Å²) in [5.41, 5.74) is 3.07. The minimum atomic E-state index is 0.0884. The zero-order valence-electron chi connectivity index (χ0n) is 16.3. The second-order valence-corrected chi connectivity index (χ2v) is 7.69. The van der Waals surface area contributed by atoms with Crippen LogP contribution in [-0.2, 0) is 12.0 Å². The first kappa shape index (κ1) is 17.5. The first-order chi connectivity index (χ1) is 13.0. The van der Waals surface area contributed by atoms with Gasteiger partial charge in [-0.1, -0.05) is 26.0 Å². The average Bonchev–Trinajstić information content (AvgIpc) is 3.26. The fraction of sp³-hybridized carbons (Fsp3) is 0.381. The quantitative estimate of drug-likeness (QED) is 0.702. The van der Waals surface area contributed by atoms with Crippen LogP contribution in [0.3, 0.4) is 0 Å². The van der Waals surface area contributed by atoms with E-state index in [0.29, 0.717) is 0 Å². The molecule has 0 N–H and O–H groups in total. The number of imidazole rings is 1. The fourth-order valence-corrected chi connectivity index (χ4v) is 3.60. The molecule has 0 radical (unpaired) electrons. The average molecular weight is 363 g/mol. The van der Waals surface area contributed by atoms with Crippen molar-refractivity contribution in [3.8, 4) is 11.4 Å². The van der Waals surface area contributed by atoms with Crippen LogP contribution in [0.2, 0.25) is 0 Å². The molecule has 0 amide bonds. The molecule has 0 unspecified atom stereocenters. The van der Waals surface area contributed by atoms with E-state index in [1.807, 2.05) is 46.7 Å². The standard InChI is InChI=1S/C21H25N5O/c1-15-13-25(14-22-15)17-8-6-16(12-18(17)27-4)7-9-19-23-20-21(2,3)10-5-11-26(20)24-19/h6-9,12-14H,5,10-11H2,1-4H3/b9-7+. The summed E-state index contributed by atoms with van der Waals surface area (Å²) in [7, 11) is 1.68. The van der Waals surface area contributed by atoms with Crippen molar-refractivity contribution in [2.45, 2.75) is 45.6 Å². The van der Waals surface area contributed by atoms with Crippen LogP contribution in [0, 0.1) is 6.92 Å². The summed E-state index contributed by atoms with van der Waals surface area (Å²) in [6.07, 6.45) is 10.1. The maximum Gasteiger partial charge on any atom is 0.174 e. The Bertz CT molecular complexity index is 996. The predicted octanol–water partition coefficient (Wildman–Crippen LogP) is 4.02. The van der Waals surface area contributed by atoms with Gasteiger partial charge in [-0.15, -0.1) is 0 Å².